The lowest BCUT2D eigenvalue weighted by molar-refractivity contribution is 0.0690. The Balaban J connectivity index is 2.82. The molecule has 0 atom stereocenters. The molecule has 0 unspecified atom stereocenters. The normalized spacial score (nSPS) is 10.5. The van der Waals surface area contributed by atoms with Gasteiger partial charge >= 0.3 is 5.97 Å². The number of aryl methyl sites for hydroxylation is 2. The van der Waals surface area contributed by atoms with Crippen LogP contribution >= 0.6 is 0 Å². The van der Waals surface area contributed by atoms with E-state index in [-0.39, 0.29) is 5.69 Å². The third-order valence-electron chi connectivity index (χ3n) is 2.83. The van der Waals surface area contributed by atoms with E-state index in [2.05, 4.69) is 4.98 Å². The topological polar surface area (TPSA) is 59.4 Å². The molecule has 0 saturated carbocycles. The van der Waals surface area contributed by atoms with Gasteiger partial charge in [-0.2, -0.15) is 0 Å². The molecule has 0 bridgehead atoms. The van der Waals surface area contributed by atoms with Gasteiger partial charge in [0.05, 0.1) is 12.6 Å². The van der Waals surface area contributed by atoms with Crippen molar-refractivity contribution >= 4 is 16.9 Å². The largest absolute Gasteiger partial charge is 0.496 e. The number of aromatic nitrogens is 1. The zero-order valence-electron chi connectivity index (χ0n) is 9.94. The molecule has 0 aliphatic heterocycles. The molecular formula is C13H13NO3. The molecule has 88 valence electrons. The van der Waals surface area contributed by atoms with Gasteiger partial charge in [0.1, 0.15) is 5.75 Å². The Morgan fingerprint density at radius 2 is 1.88 bits per heavy atom. The average molecular weight is 231 g/mol. The second-order valence-corrected chi connectivity index (χ2v) is 3.97. The fourth-order valence-electron chi connectivity index (χ4n) is 1.73. The molecule has 4 nitrogen and oxygen atoms in total. The Labute approximate surface area is 98.9 Å². The second kappa shape index (κ2) is 4.05. The standard InChI is InChI=1S/C13H13NO3/c1-7-4-9-10(5-8(7)2)14-11(13(15)16)6-12(9)17-3/h4-6H,1-3H3,(H,15,16). The minimum atomic E-state index is -1.05. The molecule has 0 saturated heterocycles. The molecule has 2 aromatic rings. The zero-order chi connectivity index (χ0) is 12.6. The Morgan fingerprint density at radius 1 is 1.24 bits per heavy atom. The first-order valence-corrected chi connectivity index (χ1v) is 5.22. The predicted molar refractivity (Wildman–Crippen MR) is 64.7 cm³/mol. The van der Waals surface area contributed by atoms with Gasteiger partial charge in [0.25, 0.3) is 0 Å². The van der Waals surface area contributed by atoms with Crippen molar-refractivity contribution in [1.82, 2.24) is 4.98 Å². The number of aromatic carboxylic acids is 1. The van der Waals surface area contributed by atoms with Crippen LogP contribution in [0.1, 0.15) is 21.6 Å². The maximum Gasteiger partial charge on any atom is 0.354 e. The van der Waals surface area contributed by atoms with Crippen LogP contribution in [0.15, 0.2) is 18.2 Å². The number of methoxy groups -OCH3 is 1. The van der Waals surface area contributed by atoms with E-state index in [1.54, 1.807) is 0 Å². The molecule has 0 amide bonds. The van der Waals surface area contributed by atoms with Gasteiger partial charge in [-0.25, -0.2) is 9.78 Å². The summed E-state index contributed by atoms with van der Waals surface area (Å²) in [6, 6.07) is 5.28. The lowest BCUT2D eigenvalue weighted by atomic mass is 10.1. The summed E-state index contributed by atoms with van der Waals surface area (Å²) in [7, 11) is 1.52. The molecule has 1 aromatic heterocycles. The van der Waals surface area contributed by atoms with Crippen LogP contribution in [0.25, 0.3) is 10.9 Å². The van der Waals surface area contributed by atoms with Crippen LogP contribution in [0, 0.1) is 13.8 Å². The van der Waals surface area contributed by atoms with Gasteiger partial charge in [-0.05, 0) is 37.1 Å². The number of hydrogen-bond donors (Lipinski definition) is 1. The summed E-state index contributed by atoms with van der Waals surface area (Å²) < 4.78 is 5.21. The van der Waals surface area contributed by atoms with Gasteiger partial charge < -0.3 is 9.84 Å². The molecule has 1 aromatic carbocycles. The Morgan fingerprint density at radius 3 is 2.47 bits per heavy atom. The number of ether oxygens (including phenoxy) is 1. The number of carboxylic acid groups (broad SMARTS) is 1. The minimum absolute atomic E-state index is 0.00222. The highest BCUT2D eigenvalue weighted by Crippen LogP contribution is 2.27. The van der Waals surface area contributed by atoms with Crippen LogP contribution in [-0.4, -0.2) is 23.2 Å². The molecule has 17 heavy (non-hydrogen) atoms. The van der Waals surface area contributed by atoms with Crippen LogP contribution in [0.3, 0.4) is 0 Å². The van der Waals surface area contributed by atoms with Crippen molar-refractivity contribution in [1.29, 1.82) is 0 Å². The lowest BCUT2D eigenvalue weighted by Gasteiger charge is -2.09. The molecule has 0 aliphatic carbocycles. The highest BCUT2D eigenvalue weighted by Gasteiger charge is 2.12. The summed E-state index contributed by atoms with van der Waals surface area (Å²) in [6.07, 6.45) is 0. The highest BCUT2D eigenvalue weighted by molar-refractivity contribution is 5.93. The van der Waals surface area contributed by atoms with E-state index < -0.39 is 5.97 Å². The second-order valence-electron chi connectivity index (χ2n) is 3.97. The van der Waals surface area contributed by atoms with Crippen LogP contribution in [0.2, 0.25) is 0 Å². The summed E-state index contributed by atoms with van der Waals surface area (Å²) in [5.74, 6) is -0.515. The fourth-order valence-corrected chi connectivity index (χ4v) is 1.73. The number of rotatable bonds is 2. The third-order valence-corrected chi connectivity index (χ3v) is 2.83. The summed E-state index contributed by atoms with van der Waals surface area (Å²) >= 11 is 0. The maximum atomic E-state index is 10.9. The smallest absolute Gasteiger partial charge is 0.354 e. The van der Waals surface area contributed by atoms with Crippen molar-refractivity contribution in [3.63, 3.8) is 0 Å². The monoisotopic (exact) mass is 231 g/mol. The number of carbonyl (C=O) groups is 1. The van der Waals surface area contributed by atoms with Crippen molar-refractivity contribution in [2.75, 3.05) is 7.11 Å². The van der Waals surface area contributed by atoms with E-state index in [9.17, 15) is 4.79 Å². The third kappa shape index (κ3) is 1.93. The van der Waals surface area contributed by atoms with Gasteiger partial charge in [0, 0.05) is 11.5 Å². The Kier molecular flexibility index (Phi) is 2.71. The Hall–Kier alpha value is -2.10. The first-order chi connectivity index (χ1) is 8.02. The van der Waals surface area contributed by atoms with Crippen LogP contribution in [0.5, 0.6) is 5.75 Å². The number of carboxylic acids is 1. The minimum Gasteiger partial charge on any atom is -0.496 e. The molecule has 0 fully saturated rings. The lowest BCUT2D eigenvalue weighted by Crippen LogP contribution is -2.02. The van der Waals surface area contributed by atoms with Gasteiger partial charge in [-0.3, -0.25) is 0 Å². The molecule has 1 heterocycles. The Bertz CT molecular complexity index is 605. The van der Waals surface area contributed by atoms with E-state index in [0.717, 1.165) is 16.5 Å². The summed E-state index contributed by atoms with van der Waals surface area (Å²) in [5.41, 5.74) is 2.85. The summed E-state index contributed by atoms with van der Waals surface area (Å²) in [4.78, 5) is 15.1. The number of benzene rings is 1. The van der Waals surface area contributed by atoms with E-state index in [1.807, 2.05) is 26.0 Å². The van der Waals surface area contributed by atoms with Gasteiger partial charge in [0.15, 0.2) is 5.69 Å². The van der Waals surface area contributed by atoms with E-state index in [1.165, 1.54) is 13.2 Å². The molecule has 4 heteroatoms. The van der Waals surface area contributed by atoms with Crippen molar-refractivity contribution in [2.45, 2.75) is 13.8 Å². The molecule has 0 radical (unpaired) electrons. The van der Waals surface area contributed by atoms with Crippen molar-refractivity contribution in [3.05, 3.63) is 35.0 Å². The molecular weight excluding hydrogens is 218 g/mol. The number of hydrogen-bond acceptors (Lipinski definition) is 3. The van der Waals surface area contributed by atoms with Crippen LogP contribution in [-0.2, 0) is 0 Å². The molecule has 1 N–H and O–H groups in total. The van der Waals surface area contributed by atoms with Gasteiger partial charge in [-0.15, -0.1) is 0 Å². The van der Waals surface area contributed by atoms with Crippen LogP contribution < -0.4 is 4.74 Å². The first-order valence-electron chi connectivity index (χ1n) is 5.22. The van der Waals surface area contributed by atoms with Gasteiger partial charge in [0.2, 0.25) is 0 Å². The van der Waals surface area contributed by atoms with Crippen LogP contribution in [0.4, 0.5) is 0 Å². The quantitative estimate of drug-likeness (QED) is 0.862. The van der Waals surface area contributed by atoms with Crippen molar-refractivity contribution in [2.24, 2.45) is 0 Å². The average Bonchev–Trinajstić information content (AvgIpc) is 2.29. The number of fused-ring (bicyclic) bond motifs is 1. The summed E-state index contributed by atoms with van der Waals surface area (Å²) in [6.45, 7) is 3.97. The zero-order valence-corrected chi connectivity index (χ0v) is 9.94. The number of nitrogens with zero attached hydrogens (tertiary/aromatic N) is 1. The van der Waals surface area contributed by atoms with E-state index >= 15 is 0 Å². The number of pyridine rings is 1. The van der Waals surface area contributed by atoms with E-state index in [4.69, 9.17) is 9.84 Å². The van der Waals surface area contributed by atoms with E-state index in [0.29, 0.717) is 11.3 Å². The molecule has 0 aliphatic rings. The van der Waals surface area contributed by atoms with Gasteiger partial charge in [-0.1, -0.05) is 0 Å². The van der Waals surface area contributed by atoms with Crippen molar-refractivity contribution in [3.8, 4) is 5.75 Å². The molecule has 0 spiro atoms. The summed E-state index contributed by atoms with van der Waals surface area (Å²) in [5, 5.41) is 9.80. The fraction of sp³-hybridized carbons (Fsp3) is 0.231. The SMILES string of the molecule is COc1cc(C(=O)O)nc2cc(C)c(C)cc12. The first kappa shape index (κ1) is 11.4. The van der Waals surface area contributed by atoms with Crippen molar-refractivity contribution < 1.29 is 14.6 Å². The highest BCUT2D eigenvalue weighted by atomic mass is 16.5. The predicted octanol–water partition coefficient (Wildman–Crippen LogP) is 2.56. The molecule has 2 rings (SSSR count). The maximum absolute atomic E-state index is 10.9.